The molecule has 0 aliphatic carbocycles. The average molecular weight is 197 g/mol. The van der Waals surface area contributed by atoms with Gasteiger partial charge < -0.3 is 10.8 Å². The van der Waals surface area contributed by atoms with Gasteiger partial charge in [0.15, 0.2) is 0 Å². The molecule has 1 atom stereocenters. The highest BCUT2D eigenvalue weighted by atomic mass is 16.3. The highest BCUT2D eigenvalue weighted by Crippen LogP contribution is 2.09. The fourth-order valence-corrected chi connectivity index (χ4v) is 1.45. The van der Waals surface area contributed by atoms with Crippen LogP contribution in [0.5, 0.6) is 0 Å². The van der Waals surface area contributed by atoms with Crippen molar-refractivity contribution in [3.63, 3.8) is 0 Å². The molecule has 3 N–H and O–H groups in total. The van der Waals surface area contributed by atoms with Gasteiger partial charge in [-0.15, -0.1) is 0 Å². The summed E-state index contributed by atoms with van der Waals surface area (Å²) in [6.45, 7) is 2.74. The Bertz CT molecular complexity index is 279. The molecule has 0 radical (unpaired) electrons. The normalized spacial score (nSPS) is 13.1. The quantitative estimate of drug-likeness (QED) is 0.703. The highest BCUT2D eigenvalue weighted by molar-refractivity contribution is 5.10. The predicted octanol–water partition coefficient (Wildman–Crippen LogP) is 0.0922. The van der Waals surface area contributed by atoms with Crippen molar-refractivity contribution >= 4 is 0 Å². The van der Waals surface area contributed by atoms with E-state index in [-0.39, 0.29) is 12.5 Å². The lowest BCUT2D eigenvalue weighted by molar-refractivity contribution is 0.228. The summed E-state index contributed by atoms with van der Waals surface area (Å²) in [5.41, 5.74) is 7.77. The first kappa shape index (κ1) is 11.2. The number of aliphatic hydroxyl groups is 1. The van der Waals surface area contributed by atoms with Crippen molar-refractivity contribution in [2.45, 2.75) is 19.8 Å². The number of hydrogen-bond donors (Lipinski definition) is 2. The largest absolute Gasteiger partial charge is 0.396 e. The Kier molecular flexibility index (Phi) is 4.10. The van der Waals surface area contributed by atoms with Gasteiger partial charge in [0.2, 0.25) is 0 Å². The molecule has 1 unspecified atom stereocenters. The SMILES string of the molecule is CCc1cc(CC(CN)CO)n(C)n1. The molecule has 0 aromatic carbocycles. The Morgan fingerprint density at radius 2 is 2.36 bits per heavy atom. The van der Waals surface area contributed by atoms with Gasteiger partial charge in [-0.1, -0.05) is 6.92 Å². The zero-order valence-electron chi connectivity index (χ0n) is 8.90. The Morgan fingerprint density at radius 3 is 2.79 bits per heavy atom. The second-order valence-electron chi connectivity index (χ2n) is 3.59. The molecule has 0 fully saturated rings. The summed E-state index contributed by atoms with van der Waals surface area (Å²) in [4.78, 5) is 0. The number of nitrogens with two attached hydrogens (primary N) is 1. The zero-order valence-corrected chi connectivity index (χ0v) is 8.90. The van der Waals surface area contributed by atoms with Crippen LogP contribution in [0.4, 0.5) is 0 Å². The van der Waals surface area contributed by atoms with Gasteiger partial charge >= 0.3 is 0 Å². The van der Waals surface area contributed by atoms with Crippen LogP contribution in [0.1, 0.15) is 18.3 Å². The number of aryl methyl sites for hydroxylation is 2. The van der Waals surface area contributed by atoms with Crippen molar-refractivity contribution in [2.75, 3.05) is 13.2 Å². The van der Waals surface area contributed by atoms with Crippen molar-refractivity contribution < 1.29 is 5.11 Å². The standard InChI is InChI=1S/C10H19N3O/c1-3-9-5-10(13(2)12-9)4-8(6-11)7-14/h5,8,14H,3-4,6-7,11H2,1-2H3. The fraction of sp³-hybridized carbons (Fsp3) is 0.700. The van der Waals surface area contributed by atoms with E-state index < -0.39 is 0 Å². The Morgan fingerprint density at radius 1 is 1.64 bits per heavy atom. The van der Waals surface area contributed by atoms with Crippen LogP contribution in [-0.4, -0.2) is 28.0 Å². The van der Waals surface area contributed by atoms with Crippen LogP contribution in [0.15, 0.2) is 6.07 Å². The Labute approximate surface area is 84.7 Å². The second-order valence-corrected chi connectivity index (χ2v) is 3.59. The van der Waals surface area contributed by atoms with Gasteiger partial charge in [0.1, 0.15) is 0 Å². The van der Waals surface area contributed by atoms with Gasteiger partial charge in [0.05, 0.1) is 5.69 Å². The summed E-state index contributed by atoms with van der Waals surface area (Å²) in [7, 11) is 1.93. The molecule has 0 saturated carbocycles. The van der Waals surface area contributed by atoms with E-state index in [4.69, 9.17) is 10.8 Å². The summed E-state index contributed by atoms with van der Waals surface area (Å²) >= 11 is 0. The molecule has 1 aromatic heterocycles. The molecule has 4 nitrogen and oxygen atoms in total. The molecular formula is C10H19N3O. The van der Waals surface area contributed by atoms with Crippen LogP contribution in [0.2, 0.25) is 0 Å². The van der Waals surface area contributed by atoms with Crippen molar-refractivity contribution in [3.8, 4) is 0 Å². The fourth-order valence-electron chi connectivity index (χ4n) is 1.45. The van der Waals surface area contributed by atoms with E-state index in [9.17, 15) is 0 Å². The molecule has 0 aliphatic heterocycles. The Balaban J connectivity index is 2.69. The summed E-state index contributed by atoms with van der Waals surface area (Å²) in [5.74, 6) is 0.148. The van der Waals surface area contributed by atoms with Crippen LogP contribution in [-0.2, 0) is 19.9 Å². The molecule has 0 spiro atoms. The second kappa shape index (κ2) is 5.12. The highest BCUT2D eigenvalue weighted by Gasteiger charge is 2.10. The van der Waals surface area contributed by atoms with Crippen LogP contribution in [0.25, 0.3) is 0 Å². The first-order chi connectivity index (χ1) is 6.71. The summed E-state index contributed by atoms with van der Waals surface area (Å²) in [5, 5.41) is 13.4. The molecule has 0 amide bonds. The third-order valence-corrected chi connectivity index (χ3v) is 2.48. The number of rotatable bonds is 5. The van der Waals surface area contributed by atoms with Crippen LogP contribution in [0, 0.1) is 5.92 Å². The maximum atomic E-state index is 9.03. The molecule has 1 rings (SSSR count). The van der Waals surface area contributed by atoms with Gasteiger partial charge in [-0.25, -0.2) is 0 Å². The number of nitrogens with zero attached hydrogens (tertiary/aromatic N) is 2. The summed E-state index contributed by atoms with van der Waals surface area (Å²) in [6, 6.07) is 2.08. The molecule has 1 heterocycles. The first-order valence-corrected chi connectivity index (χ1v) is 5.04. The molecule has 14 heavy (non-hydrogen) atoms. The van der Waals surface area contributed by atoms with E-state index in [2.05, 4.69) is 18.1 Å². The molecule has 1 aromatic rings. The third kappa shape index (κ3) is 2.56. The number of aliphatic hydroxyl groups excluding tert-OH is 1. The van der Waals surface area contributed by atoms with Gasteiger partial charge in [-0.05, 0) is 31.4 Å². The smallest absolute Gasteiger partial charge is 0.0624 e. The van der Waals surface area contributed by atoms with E-state index >= 15 is 0 Å². The molecule has 0 aliphatic rings. The van der Waals surface area contributed by atoms with Gasteiger partial charge in [0.25, 0.3) is 0 Å². The molecule has 0 saturated heterocycles. The van der Waals surface area contributed by atoms with Crippen molar-refractivity contribution in [1.82, 2.24) is 9.78 Å². The molecule has 0 bridgehead atoms. The van der Waals surface area contributed by atoms with E-state index in [1.807, 2.05) is 11.7 Å². The molecule has 4 heteroatoms. The minimum Gasteiger partial charge on any atom is -0.396 e. The van der Waals surface area contributed by atoms with E-state index in [1.54, 1.807) is 0 Å². The lowest BCUT2D eigenvalue weighted by Crippen LogP contribution is -2.21. The molecule has 80 valence electrons. The van der Waals surface area contributed by atoms with Crippen LogP contribution < -0.4 is 5.73 Å². The molecular weight excluding hydrogens is 178 g/mol. The monoisotopic (exact) mass is 197 g/mol. The number of hydrogen-bond acceptors (Lipinski definition) is 3. The summed E-state index contributed by atoms with van der Waals surface area (Å²) in [6.07, 6.45) is 1.75. The predicted molar refractivity (Wildman–Crippen MR) is 55.9 cm³/mol. The van der Waals surface area contributed by atoms with Crippen molar-refractivity contribution in [3.05, 3.63) is 17.5 Å². The first-order valence-electron chi connectivity index (χ1n) is 5.04. The van der Waals surface area contributed by atoms with Gasteiger partial charge in [-0.3, -0.25) is 4.68 Å². The lowest BCUT2D eigenvalue weighted by Gasteiger charge is -2.10. The van der Waals surface area contributed by atoms with Crippen LogP contribution in [0.3, 0.4) is 0 Å². The maximum absolute atomic E-state index is 9.03. The van der Waals surface area contributed by atoms with E-state index in [0.29, 0.717) is 6.54 Å². The zero-order chi connectivity index (χ0) is 10.6. The Hall–Kier alpha value is -0.870. The van der Waals surface area contributed by atoms with Gasteiger partial charge in [-0.2, -0.15) is 5.10 Å². The minimum absolute atomic E-state index is 0.142. The number of aromatic nitrogens is 2. The summed E-state index contributed by atoms with van der Waals surface area (Å²) < 4.78 is 1.87. The van der Waals surface area contributed by atoms with Gasteiger partial charge in [0, 0.05) is 19.3 Å². The average Bonchev–Trinajstić information content (AvgIpc) is 2.56. The van der Waals surface area contributed by atoms with E-state index in [0.717, 1.165) is 24.2 Å². The lowest BCUT2D eigenvalue weighted by atomic mass is 10.0. The van der Waals surface area contributed by atoms with E-state index in [1.165, 1.54) is 0 Å². The maximum Gasteiger partial charge on any atom is 0.0624 e. The van der Waals surface area contributed by atoms with Crippen LogP contribution >= 0.6 is 0 Å². The third-order valence-electron chi connectivity index (χ3n) is 2.48. The topological polar surface area (TPSA) is 64.1 Å². The van der Waals surface area contributed by atoms with Crippen molar-refractivity contribution in [2.24, 2.45) is 18.7 Å². The minimum atomic E-state index is 0.142. The van der Waals surface area contributed by atoms with Crippen molar-refractivity contribution in [1.29, 1.82) is 0 Å².